The zero-order valence-electron chi connectivity index (χ0n) is 16.3. The normalized spacial score (nSPS) is 11.0. The van der Waals surface area contributed by atoms with Crippen molar-refractivity contribution in [2.75, 3.05) is 0 Å². The molecule has 0 unspecified atom stereocenters. The minimum Gasteiger partial charge on any atom is -0.456 e. The number of carbonyl (C=O) groups excluding carboxylic acids is 1. The molecule has 0 spiro atoms. The minimum atomic E-state index is -0.602. The number of nitrogens with zero attached hydrogens (tertiary/aromatic N) is 3. The average molecular weight is 389 g/mol. The molecule has 2 aromatic carbocycles. The Balaban J connectivity index is 1.60. The van der Waals surface area contributed by atoms with E-state index in [-0.39, 0.29) is 12.3 Å². The summed E-state index contributed by atoms with van der Waals surface area (Å²) in [5.74, 6) is -0.602. The highest BCUT2D eigenvalue weighted by molar-refractivity contribution is 5.88. The molecule has 29 heavy (non-hydrogen) atoms. The van der Waals surface area contributed by atoms with Crippen molar-refractivity contribution in [3.05, 3.63) is 87.0 Å². The molecule has 0 saturated carbocycles. The first-order chi connectivity index (χ1) is 13.9. The number of carbonyl (C=O) groups is 1. The van der Waals surface area contributed by atoms with E-state index in [0.717, 1.165) is 22.2 Å². The van der Waals surface area contributed by atoms with Crippen LogP contribution in [0.15, 0.2) is 57.7 Å². The summed E-state index contributed by atoms with van der Waals surface area (Å²) in [4.78, 5) is 25.9. The molecule has 7 heteroatoms. The molecule has 0 aliphatic heterocycles. The summed E-state index contributed by atoms with van der Waals surface area (Å²) < 4.78 is 10.7. The standard InChI is InChI=1S/C22H19N3O4/c1-13-9-18-16(11-20(26)29-19(18)10-14(13)2)12-28-22(27)21-15(3)23-25(24-21)17-7-5-4-6-8-17/h4-11H,12H2,1-3H3. The fourth-order valence-corrected chi connectivity index (χ4v) is 3.06. The van der Waals surface area contributed by atoms with Gasteiger partial charge < -0.3 is 9.15 Å². The Morgan fingerprint density at radius 2 is 1.76 bits per heavy atom. The van der Waals surface area contributed by atoms with Gasteiger partial charge in [0.1, 0.15) is 12.2 Å². The van der Waals surface area contributed by atoms with Gasteiger partial charge in [-0.3, -0.25) is 0 Å². The van der Waals surface area contributed by atoms with Crippen LogP contribution in [0.5, 0.6) is 0 Å². The summed E-state index contributed by atoms with van der Waals surface area (Å²) in [5, 5.41) is 9.27. The number of ether oxygens (including phenoxy) is 1. The molecule has 0 aliphatic carbocycles. The van der Waals surface area contributed by atoms with Crippen molar-refractivity contribution < 1.29 is 13.9 Å². The predicted molar refractivity (Wildman–Crippen MR) is 107 cm³/mol. The van der Waals surface area contributed by atoms with E-state index in [9.17, 15) is 9.59 Å². The van der Waals surface area contributed by atoms with E-state index in [1.165, 1.54) is 10.9 Å². The van der Waals surface area contributed by atoms with Gasteiger partial charge in [0.2, 0.25) is 0 Å². The van der Waals surface area contributed by atoms with Crippen LogP contribution < -0.4 is 5.63 Å². The van der Waals surface area contributed by atoms with Crippen LogP contribution in [0.2, 0.25) is 0 Å². The van der Waals surface area contributed by atoms with Crippen molar-refractivity contribution in [3.63, 3.8) is 0 Å². The molecular formula is C22H19N3O4. The lowest BCUT2D eigenvalue weighted by Crippen LogP contribution is -2.10. The van der Waals surface area contributed by atoms with Crippen LogP contribution in [0.1, 0.15) is 32.9 Å². The van der Waals surface area contributed by atoms with E-state index in [1.54, 1.807) is 6.92 Å². The molecule has 0 atom stereocenters. The van der Waals surface area contributed by atoms with Gasteiger partial charge in [-0.25, -0.2) is 9.59 Å². The van der Waals surface area contributed by atoms with E-state index < -0.39 is 11.6 Å². The van der Waals surface area contributed by atoms with E-state index in [2.05, 4.69) is 10.2 Å². The quantitative estimate of drug-likeness (QED) is 0.391. The van der Waals surface area contributed by atoms with Crippen molar-refractivity contribution in [3.8, 4) is 5.69 Å². The largest absolute Gasteiger partial charge is 0.456 e. The Hall–Kier alpha value is -3.74. The Labute approximate surface area is 166 Å². The molecule has 0 bridgehead atoms. The van der Waals surface area contributed by atoms with Gasteiger partial charge in [0.15, 0.2) is 5.69 Å². The first kappa shape index (κ1) is 18.6. The van der Waals surface area contributed by atoms with Crippen LogP contribution in [0.25, 0.3) is 16.7 Å². The summed E-state index contributed by atoms with van der Waals surface area (Å²) in [6.07, 6.45) is 0. The molecule has 2 aromatic heterocycles. The smallest absolute Gasteiger partial charge is 0.361 e. The van der Waals surface area contributed by atoms with Crippen LogP contribution >= 0.6 is 0 Å². The van der Waals surface area contributed by atoms with E-state index in [1.807, 2.05) is 56.3 Å². The first-order valence-corrected chi connectivity index (χ1v) is 9.13. The molecule has 146 valence electrons. The van der Waals surface area contributed by atoms with Crippen LogP contribution in [0.4, 0.5) is 0 Å². The van der Waals surface area contributed by atoms with Gasteiger partial charge in [-0.2, -0.15) is 9.90 Å². The number of benzene rings is 2. The van der Waals surface area contributed by atoms with Crippen molar-refractivity contribution in [1.82, 2.24) is 15.0 Å². The van der Waals surface area contributed by atoms with Crippen molar-refractivity contribution >= 4 is 16.9 Å². The molecule has 7 nitrogen and oxygen atoms in total. The molecule has 0 saturated heterocycles. The van der Waals surface area contributed by atoms with Crippen molar-refractivity contribution in [2.45, 2.75) is 27.4 Å². The van der Waals surface area contributed by atoms with E-state index in [4.69, 9.17) is 9.15 Å². The third kappa shape index (κ3) is 3.67. The summed E-state index contributed by atoms with van der Waals surface area (Å²) in [7, 11) is 0. The zero-order valence-corrected chi connectivity index (χ0v) is 16.3. The number of hydrogen-bond donors (Lipinski definition) is 0. The molecule has 0 radical (unpaired) electrons. The Morgan fingerprint density at radius 1 is 1.03 bits per heavy atom. The lowest BCUT2D eigenvalue weighted by Gasteiger charge is -2.08. The highest BCUT2D eigenvalue weighted by atomic mass is 16.5. The number of aryl methyl sites for hydroxylation is 3. The van der Waals surface area contributed by atoms with E-state index >= 15 is 0 Å². The van der Waals surface area contributed by atoms with Gasteiger partial charge in [-0.15, -0.1) is 5.10 Å². The molecule has 0 fully saturated rings. The number of esters is 1. The predicted octanol–water partition coefficient (Wildman–Crippen LogP) is 3.66. The van der Waals surface area contributed by atoms with E-state index in [0.29, 0.717) is 16.8 Å². The van der Waals surface area contributed by atoms with Gasteiger partial charge in [-0.1, -0.05) is 18.2 Å². The number of para-hydroxylation sites is 1. The molecule has 0 aliphatic rings. The Kier molecular flexibility index (Phi) is 4.72. The second-order valence-electron chi connectivity index (χ2n) is 6.86. The van der Waals surface area contributed by atoms with Crippen LogP contribution in [0.3, 0.4) is 0 Å². The van der Waals surface area contributed by atoms with Crippen LogP contribution in [-0.2, 0) is 11.3 Å². The number of rotatable bonds is 4. The van der Waals surface area contributed by atoms with Gasteiger partial charge >= 0.3 is 11.6 Å². The van der Waals surface area contributed by atoms with Gasteiger partial charge in [0, 0.05) is 17.0 Å². The van der Waals surface area contributed by atoms with Gasteiger partial charge in [-0.05, 0) is 56.2 Å². The highest BCUT2D eigenvalue weighted by Gasteiger charge is 2.19. The maximum absolute atomic E-state index is 12.6. The highest BCUT2D eigenvalue weighted by Crippen LogP contribution is 2.22. The van der Waals surface area contributed by atoms with Crippen LogP contribution in [0, 0.1) is 20.8 Å². The minimum absolute atomic E-state index is 0.0684. The summed E-state index contributed by atoms with van der Waals surface area (Å²) >= 11 is 0. The fraction of sp³-hybridized carbons (Fsp3) is 0.182. The number of hydrogen-bond acceptors (Lipinski definition) is 6. The van der Waals surface area contributed by atoms with Crippen molar-refractivity contribution in [2.24, 2.45) is 0 Å². The molecule has 0 amide bonds. The third-order valence-corrected chi connectivity index (χ3v) is 4.77. The fourth-order valence-electron chi connectivity index (χ4n) is 3.06. The van der Waals surface area contributed by atoms with Crippen LogP contribution in [-0.4, -0.2) is 21.0 Å². The summed E-state index contributed by atoms with van der Waals surface area (Å²) in [5.41, 5.74) is 3.98. The maximum Gasteiger partial charge on any atom is 0.361 e. The Morgan fingerprint density at radius 3 is 2.52 bits per heavy atom. The SMILES string of the molecule is Cc1cc2oc(=O)cc(COC(=O)c3nn(-c4ccccc4)nc3C)c2cc1C. The molecule has 4 rings (SSSR count). The Bertz CT molecular complexity index is 1270. The third-order valence-electron chi connectivity index (χ3n) is 4.77. The summed E-state index contributed by atoms with van der Waals surface area (Å²) in [6, 6.07) is 14.4. The van der Waals surface area contributed by atoms with Gasteiger partial charge in [0.25, 0.3) is 0 Å². The van der Waals surface area contributed by atoms with Crippen molar-refractivity contribution in [1.29, 1.82) is 0 Å². The monoisotopic (exact) mass is 389 g/mol. The molecular weight excluding hydrogens is 370 g/mol. The lowest BCUT2D eigenvalue weighted by atomic mass is 10.0. The lowest BCUT2D eigenvalue weighted by molar-refractivity contribution is 0.0465. The van der Waals surface area contributed by atoms with Gasteiger partial charge in [0.05, 0.1) is 11.4 Å². The number of aromatic nitrogens is 3. The molecule has 0 N–H and O–H groups in total. The second-order valence-corrected chi connectivity index (χ2v) is 6.86. The first-order valence-electron chi connectivity index (χ1n) is 9.13. The molecule has 4 aromatic rings. The second kappa shape index (κ2) is 7.35. The summed E-state index contributed by atoms with van der Waals surface area (Å²) in [6.45, 7) is 5.55. The zero-order chi connectivity index (χ0) is 20.5. The number of fused-ring (bicyclic) bond motifs is 1. The molecule has 2 heterocycles. The average Bonchev–Trinajstić information content (AvgIpc) is 3.10. The maximum atomic E-state index is 12.6. The topological polar surface area (TPSA) is 87.2 Å².